The monoisotopic (exact) mass is 276 g/mol. The molecule has 0 amide bonds. The lowest BCUT2D eigenvalue weighted by atomic mass is 10.0. The second kappa shape index (κ2) is 7.77. The molecule has 3 heteroatoms. The molecule has 1 fully saturated rings. The maximum atomic E-state index is 5.49. The summed E-state index contributed by atoms with van der Waals surface area (Å²) in [5.41, 5.74) is 2.76. The minimum absolute atomic E-state index is 0.495. The molecule has 0 aliphatic carbocycles. The summed E-state index contributed by atoms with van der Waals surface area (Å²) in [5.74, 6) is 0.605. The van der Waals surface area contributed by atoms with Gasteiger partial charge >= 0.3 is 0 Å². The molecule has 2 rings (SSSR count). The number of rotatable bonds is 6. The smallest absolute Gasteiger partial charge is 0.0620 e. The molecule has 1 aliphatic heterocycles. The summed E-state index contributed by atoms with van der Waals surface area (Å²) in [4.78, 5) is 0. The second-order valence-corrected chi connectivity index (χ2v) is 6.14. The average molecular weight is 276 g/mol. The minimum atomic E-state index is 0.495. The van der Waals surface area contributed by atoms with E-state index in [1.165, 1.54) is 11.1 Å². The van der Waals surface area contributed by atoms with Gasteiger partial charge in [0.15, 0.2) is 0 Å². The summed E-state index contributed by atoms with van der Waals surface area (Å²) in [5, 5.41) is 7.10. The van der Waals surface area contributed by atoms with Crippen LogP contribution in [0.4, 0.5) is 0 Å². The fourth-order valence-corrected chi connectivity index (χ4v) is 2.59. The molecule has 1 aliphatic rings. The molecule has 0 saturated carbocycles. The van der Waals surface area contributed by atoms with Gasteiger partial charge in [-0.2, -0.15) is 0 Å². The van der Waals surface area contributed by atoms with Gasteiger partial charge in [0.2, 0.25) is 0 Å². The van der Waals surface area contributed by atoms with Gasteiger partial charge in [-0.1, -0.05) is 38.1 Å². The summed E-state index contributed by atoms with van der Waals surface area (Å²) in [6.45, 7) is 10.3. The van der Waals surface area contributed by atoms with Crippen molar-refractivity contribution in [3.05, 3.63) is 35.4 Å². The largest absolute Gasteiger partial charge is 0.379 e. The van der Waals surface area contributed by atoms with Crippen LogP contribution in [-0.2, 0) is 11.3 Å². The summed E-state index contributed by atoms with van der Waals surface area (Å²) < 4.78 is 5.49. The first-order chi connectivity index (χ1) is 9.65. The van der Waals surface area contributed by atoms with Crippen LogP contribution in [0.1, 0.15) is 44.2 Å². The number of benzene rings is 1. The number of morpholine rings is 1. The Morgan fingerprint density at radius 2 is 2.00 bits per heavy atom. The molecule has 112 valence electrons. The Morgan fingerprint density at radius 1 is 1.25 bits per heavy atom. The Kier molecular flexibility index (Phi) is 6.02. The van der Waals surface area contributed by atoms with Crippen molar-refractivity contribution in [2.75, 3.05) is 19.8 Å². The van der Waals surface area contributed by atoms with Crippen LogP contribution < -0.4 is 10.6 Å². The minimum Gasteiger partial charge on any atom is -0.379 e. The van der Waals surface area contributed by atoms with E-state index >= 15 is 0 Å². The van der Waals surface area contributed by atoms with Crippen LogP contribution in [0.2, 0.25) is 0 Å². The molecular formula is C17H28N2O. The highest BCUT2D eigenvalue weighted by Crippen LogP contribution is 2.14. The third-order valence-electron chi connectivity index (χ3n) is 3.94. The predicted molar refractivity (Wildman–Crippen MR) is 84.1 cm³/mol. The lowest BCUT2D eigenvalue weighted by Gasteiger charge is -2.26. The molecule has 0 radical (unpaired) electrons. The van der Waals surface area contributed by atoms with Gasteiger partial charge in [0.1, 0.15) is 0 Å². The lowest BCUT2D eigenvalue weighted by Crippen LogP contribution is -2.44. The lowest BCUT2D eigenvalue weighted by molar-refractivity contribution is 0.0712. The zero-order chi connectivity index (χ0) is 14.4. The van der Waals surface area contributed by atoms with Crippen molar-refractivity contribution in [3.8, 4) is 0 Å². The highest BCUT2D eigenvalue weighted by Gasteiger charge is 2.15. The Bertz CT molecular complexity index is 382. The van der Waals surface area contributed by atoms with Crippen molar-refractivity contribution in [1.29, 1.82) is 0 Å². The van der Waals surface area contributed by atoms with Gasteiger partial charge in [0, 0.05) is 25.2 Å². The van der Waals surface area contributed by atoms with Crippen LogP contribution >= 0.6 is 0 Å². The van der Waals surface area contributed by atoms with Crippen LogP contribution in [0.25, 0.3) is 0 Å². The molecule has 2 unspecified atom stereocenters. The van der Waals surface area contributed by atoms with Crippen LogP contribution in [0, 0.1) is 0 Å². The van der Waals surface area contributed by atoms with E-state index in [2.05, 4.69) is 55.7 Å². The first-order valence-corrected chi connectivity index (χ1v) is 7.78. The van der Waals surface area contributed by atoms with Gasteiger partial charge in [-0.05, 0) is 30.4 Å². The zero-order valence-corrected chi connectivity index (χ0v) is 13.0. The van der Waals surface area contributed by atoms with E-state index < -0.39 is 0 Å². The molecule has 20 heavy (non-hydrogen) atoms. The van der Waals surface area contributed by atoms with Crippen molar-refractivity contribution in [2.45, 2.75) is 51.7 Å². The fourth-order valence-electron chi connectivity index (χ4n) is 2.59. The van der Waals surface area contributed by atoms with E-state index in [0.717, 1.165) is 32.7 Å². The molecule has 2 atom stereocenters. The van der Waals surface area contributed by atoms with E-state index in [1.54, 1.807) is 0 Å². The Morgan fingerprint density at radius 3 is 2.60 bits per heavy atom. The Balaban J connectivity index is 1.73. The molecule has 0 aromatic heterocycles. The molecule has 1 saturated heterocycles. The fraction of sp³-hybridized carbons (Fsp3) is 0.647. The van der Waals surface area contributed by atoms with Gasteiger partial charge in [-0.25, -0.2) is 0 Å². The molecule has 1 aromatic rings. The average Bonchev–Trinajstić information content (AvgIpc) is 2.46. The Labute approximate surface area is 123 Å². The number of ether oxygens (including phenoxy) is 1. The van der Waals surface area contributed by atoms with Crippen LogP contribution in [0.3, 0.4) is 0 Å². The van der Waals surface area contributed by atoms with Crippen molar-refractivity contribution in [1.82, 2.24) is 10.6 Å². The highest BCUT2D eigenvalue weighted by molar-refractivity contribution is 5.24. The van der Waals surface area contributed by atoms with Gasteiger partial charge in [-0.15, -0.1) is 0 Å². The number of nitrogens with one attached hydrogen (secondary N) is 2. The highest BCUT2D eigenvalue weighted by atomic mass is 16.5. The zero-order valence-electron chi connectivity index (χ0n) is 13.0. The van der Waals surface area contributed by atoms with Crippen molar-refractivity contribution in [3.63, 3.8) is 0 Å². The molecule has 0 spiro atoms. The summed E-state index contributed by atoms with van der Waals surface area (Å²) in [6, 6.07) is 9.94. The second-order valence-electron chi connectivity index (χ2n) is 6.14. The van der Waals surface area contributed by atoms with Gasteiger partial charge < -0.3 is 15.4 Å². The molecule has 3 nitrogen and oxygen atoms in total. The van der Waals surface area contributed by atoms with Crippen LogP contribution in [0.5, 0.6) is 0 Å². The van der Waals surface area contributed by atoms with E-state index in [1.807, 2.05) is 0 Å². The molecule has 1 heterocycles. The van der Waals surface area contributed by atoms with E-state index in [-0.39, 0.29) is 0 Å². The molecule has 1 aromatic carbocycles. The molecular weight excluding hydrogens is 248 g/mol. The number of hydrogen-bond donors (Lipinski definition) is 2. The van der Waals surface area contributed by atoms with Gasteiger partial charge in [0.25, 0.3) is 0 Å². The maximum absolute atomic E-state index is 5.49. The third kappa shape index (κ3) is 4.89. The molecule has 0 bridgehead atoms. The maximum Gasteiger partial charge on any atom is 0.0620 e. The predicted octanol–water partition coefficient (Wildman–Crippen LogP) is 2.67. The quantitative estimate of drug-likeness (QED) is 0.838. The first-order valence-electron chi connectivity index (χ1n) is 7.78. The number of hydrogen-bond acceptors (Lipinski definition) is 3. The van der Waals surface area contributed by atoms with E-state index in [0.29, 0.717) is 18.0 Å². The first kappa shape index (κ1) is 15.5. The topological polar surface area (TPSA) is 33.3 Å². The Hall–Kier alpha value is -0.900. The summed E-state index contributed by atoms with van der Waals surface area (Å²) in [7, 11) is 0. The van der Waals surface area contributed by atoms with Crippen LogP contribution in [-0.4, -0.2) is 31.8 Å². The van der Waals surface area contributed by atoms with Crippen molar-refractivity contribution < 1.29 is 4.74 Å². The van der Waals surface area contributed by atoms with Gasteiger partial charge in [0.05, 0.1) is 13.2 Å². The van der Waals surface area contributed by atoms with E-state index in [9.17, 15) is 0 Å². The SMILES string of the molecule is CC(CC1COCCN1)NCc1ccc(C(C)C)cc1. The third-order valence-corrected chi connectivity index (χ3v) is 3.94. The summed E-state index contributed by atoms with van der Waals surface area (Å²) in [6.07, 6.45) is 1.12. The van der Waals surface area contributed by atoms with Crippen molar-refractivity contribution >= 4 is 0 Å². The van der Waals surface area contributed by atoms with Crippen molar-refractivity contribution in [2.24, 2.45) is 0 Å². The van der Waals surface area contributed by atoms with E-state index in [4.69, 9.17) is 4.74 Å². The standard InChI is InChI=1S/C17H28N2O/c1-13(2)16-6-4-15(5-7-16)11-19-14(3)10-17-12-20-9-8-18-17/h4-7,13-14,17-19H,8-12H2,1-3H3. The van der Waals surface area contributed by atoms with Crippen LogP contribution in [0.15, 0.2) is 24.3 Å². The summed E-state index contributed by atoms with van der Waals surface area (Å²) >= 11 is 0. The van der Waals surface area contributed by atoms with Gasteiger partial charge in [-0.3, -0.25) is 0 Å². The molecule has 2 N–H and O–H groups in total. The normalized spacial score (nSPS) is 21.1.